The molecule has 0 bridgehead atoms. The Morgan fingerprint density at radius 3 is 1.06 bits per heavy atom. The molecule has 0 fully saturated rings. The minimum Gasteiger partial charge on any atom is -0.447 e. The number of hydrogen-bond acceptors (Lipinski definition) is 12. The van der Waals surface area contributed by atoms with Crippen LogP contribution in [0.1, 0.15) is 231 Å². The number of halogens is 6. The molecule has 0 saturated carbocycles. The summed E-state index contributed by atoms with van der Waals surface area (Å²) < 4.78 is 116. The molecule has 16 nitrogen and oxygen atoms in total. The summed E-state index contributed by atoms with van der Waals surface area (Å²) in [5.74, 6) is 0. The first kappa shape index (κ1) is 85.0. The summed E-state index contributed by atoms with van der Waals surface area (Å²) >= 11 is 0. The van der Waals surface area contributed by atoms with Crippen LogP contribution in [0, 0.1) is 0 Å². The van der Waals surface area contributed by atoms with Gasteiger partial charge in [0, 0.05) is 52.9 Å². The first-order chi connectivity index (χ1) is 42.3. The molecular weight excluding hydrogens is 1150 g/mol. The maximum Gasteiger partial charge on any atom is 0.416 e. The summed E-state index contributed by atoms with van der Waals surface area (Å²) in [6, 6.07) is 8.77. The van der Waals surface area contributed by atoms with Crippen LogP contribution in [0.4, 0.5) is 56.9 Å². The molecule has 2 unspecified atom stereocenters. The van der Waals surface area contributed by atoms with E-state index in [0.717, 1.165) is 82.1 Å². The number of nitrogens with one attached hydrogen (secondary N) is 4. The number of alkyl carbamates (subject to hydrolysis) is 2. The topological polar surface area (TPSA) is 190 Å². The average molecular weight is 1270 g/mol. The van der Waals surface area contributed by atoms with Crippen molar-refractivity contribution in [2.45, 2.75) is 245 Å². The molecule has 0 aliphatic rings. The first-order valence-electron chi connectivity index (χ1n) is 32.4. The fourth-order valence-corrected chi connectivity index (χ4v) is 8.61. The van der Waals surface area contributed by atoms with Crippen molar-refractivity contribution < 1.29 is 83.4 Å². The molecule has 4 N–H and O–H groups in total. The van der Waals surface area contributed by atoms with E-state index in [4.69, 9.17) is 28.4 Å². The van der Waals surface area contributed by atoms with Crippen LogP contribution >= 0.6 is 0 Å². The number of hydrogen-bond donors (Lipinski definition) is 4. The highest BCUT2D eigenvalue weighted by molar-refractivity contribution is 5.85. The lowest BCUT2D eigenvalue weighted by Gasteiger charge is -2.18. The summed E-state index contributed by atoms with van der Waals surface area (Å²) in [6.45, 7) is 12.0. The first-order valence-corrected chi connectivity index (χ1v) is 32.4. The molecular formula is C66H114F6N4O12. The van der Waals surface area contributed by atoms with Gasteiger partial charge in [-0.1, -0.05) is 194 Å². The zero-order chi connectivity index (χ0) is 65.8. The van der Waals surface area contributed by atoms with Crippen LogP contribution in [-0.4, -0.2) is 118 Å². The van der Waals surface area contributed by atoms with Crippen LogP contribution in [-0.2, 0) is 50.2 Å². The lowest BCUT2D eigenvalue weighted by atomic mass is 10.0. The van der Waals surface area contributed by atoms with Crippen molar-refractivity contribution >= 4 is 35.7 Å². The number of amides is 4. The maximum absolute atomic E-state index is 12.8. The highest BCUT2D eigenvalue weighted by Crippen LogP contribution is 2.32. The van der Waals surface area contributed by atoms with Crippen molar-refractivity contribution in [2.24, 2.45) is 0 Å². The van der Waals surface area contributed by atoms with Crippen LogP contribution < -0.4 is 21.3 Å². The highest BCUT2D eigenvalue weighted by atomic mass is 19.4. The van der Waals surface area contributed by atoms with E-state index in [-0.39, 0.29) is 49.5 Å². The molecule has 22 heteroatoms. The molecule has 88 heavy (non-hydrogen) atoms. The van der Waals surface area contributed by atoms with E-state index < -0.39 is 41.8 Å². The fourth-order valence-electron chi connectivity index (χ4n) is 8.61. The standard InChI is InChI=1S/C23H36F3NO3.C22H45NO3.C11H12F3NO3.C10H21NO3/c1-3-4-5-6-7-8-9-10-11-12-16-21(18-29-2)30-22(28)27-20-15-13-14-19(17-20)23(24,25)26;1-4-6-8-10-11-12-13-14-15-16-18-21(20-25-3)26-22(24)23-19-17-9-7-5-2;1-17-5-6-18-10(16)15-9-4-2-3-8(7-9)11(12,13)14;1-3-4-5-6-7-11-10(12)14-9-8-13-2/h13-15,17,21H,3-12,16,18H2,1-2H3,(H,27,28);21H,4-20H2,1-3H3,(H,23,24);2-4,7H,5-6H2,1H3,(H,15,16);3-9H2,1-2H3,(H,11,12). The number of carbonyl (C=O) groups is 4. The Bertz CT molecular complexity index is 1950. The molecule has 0 radical (unpaired) electrons. The van der Waals surface area contributed by atoms with Gasteiger partial charge in [-0.05, 0) is 74.9 Å². The minimum absolute atomic E-state index is 0.0206. The van der Waals surface area contributed by atoms with E-state index in [2.05, 4.69) is 58.4 Å². The van der Waals surface area contributed by atoms with Crippen molar-refractivity contribution in [1.29, 1.82) is 0 Å². The number of benzene rings is 2. The van der Waals surface area contributed by atoms with E-state index in [0.29, 0.717) is 39.3 Å². The predicted octanol–water partition coefficient (Wildman–Crippen LogP) is 19.0. The molecule has 0 heterocycles. The van der Waals surface area contributed by atoms with Gasteiger partial charge < -0.3 is 48.5 Å². The van der Waals surface area contributed by atoms with Gasteiger partial charge in [0.2, 0.25) is 0 Å². The minimum atomic E-state index is -4.46. The van der Waals surface area contributed by atoms with Crippen molar-refractivity contribution in [3.05, 3.63) is 59.7 Å². The van der Waals surface area contributed by atoms with Gasteiger partial charge in [-0.25, -0.2) is 19.2 Å². The van der Waals surface area contributed by atoms with Crippen molar-refractivity contribution in [3.8, 4) is 0 Å². The van der Waals surface area contributed by atoms with Crippen LogP contribution in [0.25, 0.3) is 0 Å². The molecule has 0 spiro atoms. The van der Waals surface area contributed by atoms with E-state index in [1.165, 1.54) is 167 Å². The van der Waals surface area contributed by atoms with Crippen LogP contribution in [0.5, 0.6) is 0 Å². The number of rotatable bonds is 46. The number of alkyl halides is 6. The number of methoxy groups -OCH3 is 4. The lowest BCUT2D eigenvalue weighted by molar-refractivity contribution is -0.138. The van der Waals surface area contributed by atoms with E-state index in [1.807, 2.05) is 0 Å². The van der Waals surface area contributed by atoms with Gasteiger partial charge in [-0.3, -0.25) is 10.6 Å². The van der Waals surface area contributed by atoms with Gasteiger partial charge >= 0.3 is 36.7 Å². The Labute approximate surface area is 524 Å². The third-order valence-electron chi connectivity index (χ3n) is 13.5. The largest absolute Gasteiger partial charge is 0.447 e. The molecule has 0 aromatic heterocycles. The Hall–Kier alpha value is -5.06. The molecule has 0 saturated heterocycles. The Balaban J connectivity index is 0. The van der Waals surface area contributed by atoms with Gasteiger partial charge in [0.05, 0.1) is 37.6 Å². The Morgan fingerprint density at radius 2 is 0.705 bits per heavy atom. The zero-order valence-electron chi connectivity index (χ0n) is 54.8. The quantitative estimate of drug-likeness (QED) is 0.0279. The second-order valence-electron chi connectivity index (χ2n) is 21.5. The normalized spacial score (nSPS) is 11.7. The van der Waals surface area contributed by atoms with E-state index in [1.54, 1.807) is 14.2 Å². The van der Waals surface area contributed by atoms with Crippen LogP contribution in [0.15, 0.2) is 48.5 Å². The van der Waals surface area contributed by atoms with Crippen molar-refractivity contribution in [2.75, 3.05) is 91.8 Å². The fraction of sp³-hybridized carbons (Fsp3) is 0.758. The maximum atomic E-state index is 12.8. The summed E-state index contributed by atoms with van der Waals surface area (Å²) in [5, 5.41) is 10.1. The lowest BCUT2D eigenvalue weighted by Crippen LogP contribution is -2.31. The second kappa shape index (κ2) is 59.6. The van der Waals surface area contributed by atoms with Crippen LogP contribution in [0.2, 0.25) is 0 Å². The monoisotopic (exact) mass is 1270 g/mol. The SMILES string of the molecule is CCCCCCCCCCCCC(COC)OC(=O)NCCCCCC.CCCCCCCCCCCCC(COC)OC(=O)Nc1cccc(C(F)(F)F)c1.CCCCCCNC(=O)OCCOC.COCCOC(=O)Nc1cccc(C(F)(F)F)c1. The van der Waals surface area contributed by atoms with Gasteiger partial charge in [0.1, 0.15) is 25.4 Å². The average Bonchev–Trinajstić information content (AvgIpc) is 3.69. The molecule has 4 amide bonds. The highest BCUT2D eigenvalue weighted by Gasteiger charge is 2.31. The Kier molecular flexibility index (Phi) is 57.5. The summed E-state index contributed by atoms with van der Waals surface area (Å²) in [4.78, 5) is 46.1. The van der Waals surface area contributed by atoms with Gasteiger partial charge in [-0.15, -0.1) is 0 Å². The summed E-state index contributed by atoms with van der Waals surface area (Å²) in [7, 11) is 6.21. The number of anilines is 2. The Morgan fingerprint density at radius 1 is 0.386 bits per heavy atom. The number of unbranched alkanes of at least 4 members (excludes halogenated alkanes) is 24. The van der Waals surface area contributed by atoms with Gasteiger partial charge in [0.25, 0.3) is 0 Å². The number of ether oxygens (including phenoxy) is 8. The zero-order valence-corrected chi connectivity index (χ0v) is 54.8. The number of carbonyl (C=O) groups excluding carboxylic acids is 4. The smallest absolute Gasteiger partial charge is 0.416 e. The molecule has 0 aliphatic carbocycles. The van der Waals surface area contributed by atoms with E-state index >= 15 is 0 Å². The van der Waals surface area contributed by atoms with Crippen LogP contribution in [0.3, 0.4) is 0 Å². The summed E-state index contributed by atoms with van der Waals surface area (Å²) in [6.07, 6.45) is 24.4. The third kappa shape index (κ3) is 55.0. The van der Waals surface area contributed by atoms with Gasteiger partial charge in [0.15, 0.2) is 0 Å². The molecule has 2 rings (SSSR count). The molecule has 2 aromatic carbocycles. The molecule has 2 aromatic rings. The molecule has 512 valence electrons. The van der Waals surface area contributed by atoms with Crippen molar-refractivity contribution in [3.63, 3.8) is 0 Å². The second-order valence-corrected chi connectivity index (χ2v) is 21.5. The molecule has 0 aliphatic heterocycles. The van der Waals surface area contributed by atoms with Gasteiger partial charge in [-0.2, -0.15) is 26.3 Å². The summed E-state index contributed by atoms with van der Waals surface area (Å²) in [5.41, 5.74) is -1.59. The van der Waals surface area contributed by atoms with Crippen molar-refractivity contribution in [1.82, 2.24) is 10.6 Å². The predicted molar refractivity (Wildman–Crippen MR) is 338 cm³/mol. The molecule has 2 atom stereocenters. The van der Waals surface area contributed by atoms with E-state index in [9.17, 15) is 45.5 Å². The third-order valence-corrected chi connectivity index (χ3v) is 13.5.